The first-order chi connectivity index (χ1) is 11.6. The molecule has 6 heteroatoms. The van der Waals surface area contributed by atoms with Crippen LogP contribution in [0.25, 0.3) is 5.69 Å². The number of aryl methyl sites for hydroxylation is 2. The summed E-state index contributed by atoms with van der Waals surface area (Å²) in [5.74, 6) is 0.363. The standard InChI is InChI=1S/C18H18N4OS/c1-12-7-6-10-15(11-12)22-13(2)20-21-18(22)24-16(17(19)23)14-8-4-3-5-9-14/h3-11,16H,1-2H3,(H2,19,23). The highest BCUT2D eigenvalue weighted by Crippen LogP contribution is 2.35. The van der Waals surface area contributed by atoms with Crippen LogP contribution in [-0.4, -0.2) is 20.7 Å². The molecule has 0 bridgehead atoms. The van der Waals surface area contributed by atoms with Gasteiger partial charge in [0.05, 0.1) is 0 Å². The summed E-state index contributed by atoms with van der Waals surface area (Å²) in [4.78, 5) is 12.0. The second-order valence-corrected chi connectivity index (χ2v) is 6.59. The molecule has 1 aromatic heterocycles. The van der Waals surface area contributed by atoms with Crippen LogP contribution < -0.4 is 5.73 Å². The zero-order valence-corrected chi connectivity index (χ0v) is 14.3. The van der Waals surface area contributed by atoms with E-state index in [0.29, 0.717) is 5.16 Å². The number of hydrogen-bond acceptors (Lipinski definition) is 4. The highest BCUT2D eigenvalue weighted by molar-refractivity contribution is 8.00. The van der Waals surface area contributed by atoms with Crippen LogP contribution in [0.1, 0.15) is 22.2 Å². The maximum atomic E-state index is 12.0. The van der Waals surface area contributed by atoms with Crippen molar-refractivity contribution in [3.8, 4) is 5.69 Å². The lowest BCUT2D eigenvalue weighted by molar-refractivity contribution is -0.117. The molecule has 0 spiro atoms. The summed E-state index contributed by atoms with van der Waals surface area (Å²) in [6.07, 6.45) is 0. The minimum absolute atomic E-state index is 0.400. The van der Waals surface area contributed by atoms with E-state index in [1.54, 1.807) is 0 Å². The van der Waals surface area contributed by atoms with Gasteiger partial charge in [0.25, 0.3) is 0 Å². The molecule has 1 amide bonds. The normalized spacial score (nSPS) is 12.1. The molecular weight excluding hydrogens is 320 g/mol. The van der Waals surface area contributed by atoms with E-state index in [9.17, 15) is 4.79 Å². The van der Waals surface area contributed by atoms with Gasteiger partial charge in [0, 0.05) is 5.69 Å². The Morgan fingerprint density at radius 1 is 1.08 bits per heavy atom. The lowest BCUT2D eigenvalue weighted by atomic mass is 10.1. The summed E-state index contributed by atoms with van der Waals surface area (Å²) in [5, 5.41) is 8.54. The largest absolute Gasteiger partial charge is 0.368 e. The Labute approximate surface area is 144 Å². The van der Waals surface area contributed by atoms with Crippen LogP contribution in [0.2, 0.25) is 0 Å². The van der Waals surface area contributed by atoms with E-state index in [0.717, 1.165) is 22.6 Å². The zero-order chi connectivity index (χ0) is 17.1. The van der Waals surface area contributed by atoms with E-state index in [1.807, 2.05) is 66.9 Å². The van der Waals surface area contributed by atoms with Crippen molar-refractivity contribution in [3.05, 3.63) is 71.5 Å². The summed E-state index contributed by atoms with van der Waals surface area (Å²) < 4.78 is 1.94. The van der Waals surface area contributed by atoms with Crippen LogP contribution >= 0.6 is 11.8 Å². The molecule has 3 rings (SSSR count). The van der Waals surface area contributed by atoms with Crippen LogP contribution in [0.3, 0.4) is 0 Å². The first-order valence-corrected chi connectivity index (χ1v) is 8.44. The van der Waals surface area contributed by atoms with Gasteiger partial charge in [-0.1, -0.05) is 54.2 Å². The number of carbonyl (C=O) groups excluding carboxylic acids is 1. The fourth-order valence-electron chi connectivity index (χ4n) is 2.51. The number of carbonyl (C=O) groups is 1. The number of primary amides is 1. The van der Waals surface area contributed by atoms with Crippen molar-refractivity contribution in [3.63, 3.8) is 0 Å². The maximum Gasteiger partial charge on any atom is 0.235 e. The smallest absolute Gasteiger partial charge is 0.235 e. The first-order valence-electron chi connectivity index (χ1n) is 7.56. The number of amides is 1. The second kappa shape index (κ2) is 6.88. The van der Waals surface area contributed by atoms with Crippen LogP contribution in [0.5, 0.6) is 0 Å². The number of rotatable bonds is 5. The van der Waals surface area contributed by atoms with Gasteiger partial charge in [-0.2, -0.15) is 0 Å². The second-order valence-electron chi connectivity index (χ2n) is 5.52. The molecule has 24 heavy (non-hydrogen) atoms. The molecule has 1 unspecified atom stereocenters. The van der Waals surface area contributed by atoms with Crippen LogP contribution in [0.4, 0.5) is 0 Å². The van der Waals surface area contributed by atoms with Crippen LogP contribution in [0, 0.1) is 13.8 Å². The molecule has 0 fully saturated rings. The lowest BCUT2D eigenvalue weighted by Crippen LogP contribution is -2.19. The molecule has 0 aliphatic heterocycles. The number of nitrogens with two attached hydrogens (primary N) is 1. The third kappa shape index (κ3) is 3.33. The van der Waals surface area contributed by atoms with Gasteiger partial charge in [-0.3, -0.25) is 9.36 Å². The van der Waals surface area contributed by atoms with E-state index < -0.39 is 11.2 Å². The van der Waals surface area contributed by atoms with Crippen molar-refractivity contribution < 1.29 is 4.79 Å². The van der Waals surface area contributed by atoms with Gasteiger partial charge >= 0.3 is 0 Å². The highest BCUT2D eigenvalue weighted by atomic mass is 32.2. The topological polar surface area (TPSA) is 73.8 Å². The molecule has 3 aromatic rings. The minimum atomic E-state index is -0.515. The molecule has 2 aromatic carbocycles. The predicted octanol–water partition coefficient (Wildman–Crippen LogP) is 3.20. The monoisotopic (exact) mass is 338 g/mol. The van der Waals surface area contributed by atoms with Gasteiger partial charge in [0.1, 0.15) is 11.1 Å². The molecule has 2 N–H and O–H groups in total. The van der Waals surface area contributed by atoms with Crippen molar-refractivity contribution in [2.24, 2.45) is 5.73 Å². The van der Waals surface area contributed by atoms with E-state index in [-0.39, 0.29) is 0 Å². The summed E-state index contributed by atoms with van der Waals surface area (Å²) in [7, 11) is 0. The minimum Gasteiger partial charge on any atom is -0.368 e. The van der Waals surface area contributed by atoms with Crippen molar-refractivity contribution in [2.75, 3.05) is 0 Å². The SMILES string of the molecule is Cc1cccc(-n2c(C)nnc2SC(C(N)=O)c2ccccc2)c1. The van der Waals surface area contributed by atoms with Gasteiger partial charge in [-0.15, -0.1) is 10.2 Å². The van der Waals surface area contributed by atoms with Crippen LogP contribution in [0.15, 0.2) is 59.8 Å². The van der Waals surface area contributed by atoms with Crippen LogP contribution in [-0.2, 0) is 4.79 Å². The zero-order valence-electron chi connectivity index (χ0n) is 13.5. The van der Waals surface area contributed by atoms with Crippen molar-refractivity contribution >= 4 is 17.7 Å². The molecule has 0 radical (unpaired) electrons. The molecule has 0 saturated heterocycles. The molecule has 0 saturated carbocycles. The fraction of sp³-hybridized carbons (Fsp3) is 0.167. The predicted molar refractivity (Wildman–Crippen MR) is 95.1 cm³/mol. The number of thioether (sulfide) groups is 1. The third-order valence-corrected chi connectivity index (χ3v) is 4.85. The van der Waals surface area contributed by atoms with Crippen molar-refractivity contribution in [1.82, 2.24) is 14.8 Å². The molecule has 5 nitrogen and oxygen atoms in total. The van der Waals surface area contributed by atoms with Gasteiger partial charge in [-0.05, 0) is 37.1 Å². The Hall–Kier alpha value is -2.60. The summed E-state index contributed by atoms with van der Waals surface area (Å²) in [6.45, 7) is 3.92. The Kier molecular flexibility index (Phi) is 4.66. The lowest BCUT2D eigenvalue weighted by Gasteiger charge is -2.14. The number of nitrogens with zero attached hydrogens (tertiary/aromatic N) is 3. The average Bonchev–Trinajstić information content (AvgIpc) is 2.93. The summed E-state index contributed by atoms with van der Waals surface area (Å²) >= 11 is 1.31. The number of aromatic nitrogens is 3. The molecule has 0 aliphatic carbocycles. The molecular formula is C18H18N4OS. The number of hydrogen-bond donors (Lipinski definition) is 1. The molecule has 1 atom stereocenters. The molecule has 1 heterocycles. The van der Waals surface area contributed by atoms with E-state index in [1.165, 1.54) is 11.8 Å². The van der Waals surface area contributed by atoms with Crippen molar-refractivity contribution in [2.45, 2.75) is 24.3 Å². The Balaban J connectivity index is 2.00. The van der Waals surface area contributed by atoms with Gasteiger partial charge in [0.15, 0.2) is 5.16 Å². The van der Waals surface area contributed by atoms with Gasteiger partial charge < -0.3 is 5.73 Å². The number of benzene rings is 2. The maximum absolute atomic E-state index is 12.0. The summed E-state index contributed by atoms with van der Waals surface area (Å²) in [6, 6.07) is 17.5. The van der Waals surface area contributed by atoms with Gasteiger partial charge in [-0.25, -0.2) is 0 Å². The van der Waals surface area contributed by atoms with E-state index >= 15 is 0 Å². The van der Waals surface area contributed by atoms with Gasteiger partial charge in [0.2, 0.25) is 5.91 Å². The Bertz CT molecular complexity index is 860. The molecule has 0 aliphatic rings. The third-order valence-electron chi connectivity index (χ3n) is 3.64. The van der Waals surface area contributed by atoms with E-state index in [4.69, 9.17) is 5.73 Å². The van der Waals surface area contributed by atoms with Crippen molar-refractivity contribution in [1.29, 1.82) is 0 Å². The Morgan fingerprint density at radius 2 is 1.83 bits per heavy atom. The first kappa shape index (κ1) is 16.3. The fourth-order valence-corrected chi connectivity index (χ4v) is 3.56. The average molecular weight is 338 g/mol. The molecule has 122 valence electrons. The Morgan fingerprint density at radius 3 is 2.50 bits per heavy atom. The summed E-state index contributed by atoms with van der Waals surface area (Å²) in [5.41, 5.74) is 8.59. The van der Waals surface area contributed by atoms with E-state index in [2.05, 4.69) is 16.3 Å². The quantitative estimate of drug-likeness (QED) is 0.725. The highest BCUT2D eigenvalue weighted by Gasteiger charge is 2.23.